The molecule has 0 unspecified atom stereocenters. The lowest BCUT2D eigenvalue weighted by atomic mass is 10.0. The SMILES string of the molecule is Cc1c(-c2cccc(S(=O)(=O)N(C)C)c2)c2cc(S(C)(=O)=O)ccc2n1C/C(F)=C/CNCl. The van der Waals surface area contributed by atoms with Crippen molar-refractivity contribution in [2.45, 2.75) is 23.3 Å². The van der Waals surface area contributed by atoms with Crippen molar-refractivity contribution in [2.75, 3.05) is 26.9 Å². The van der Waals surface area contributed by atoms with Crippen molar-refractivity contribution in [1.82, 2.24) is 13.7 Å². The number of rotatable bonds is 8. The summed E-state index contributed by atoms with van der Waals surface area (Å²) in [4.78, 5) is 2.56. The summed E-state index contributed by atoms with van der Waals surface area (Å²) >= 11 is 5.42. The molecule has 3 rings (SSSR count). The second kappa shape index (κ2) is 9.55. The largest absolute Gasteiger partial charge is 0.337 e. The van der Waals surface area contributed by atoms with Gasteiger partial charge in [-0.2, -0.15) is 0 Å². The molecular formula is C22H25ClFN3O4S2. The molecule has 0 saturated carbocycles. The predicted octanol–water partition coefficient (Wildman–Crippen LogP) is 3.87. The van der Waals surface area contributed by atoms with Gasteiger partial charge in [0.15, 0.2) is 9.84 Å². The van der Waals surface area contributed by atoms with Crippen LogP contribution in [-0.2, 0) is 26.4 Å². The van der Waals surface area contributed by atoms with Gasteiger partial charge in [0.25, 0.3) is 0 Å². The first kappa shape index (κ1) is 25.4. The Bertz CT molecular complexity index is 1450. The van der Waals surface area contributed by atoms with E-state index in [0.717, 1.165) is 10.6 Å². The summed E-state index contributed by atoms with van der Waals surface area (Å²) in [6.45, 7) is 1.84. The van der Waals surface area contributed by atoms with Crippen LogP contribution >= 0.6 is 11.8 Å². The molecule has 0 bridgehead atoms. The van der Waals surface area contributed by atoms with Crippen LogP contribution in [0.1, 0.15) is 5.69 Å². The number of fused-ring (bicyclic) bond motifs is 1. The van der Waals surface area contributed by atoms with Crippen molar-refractivity contribution in [3.8, 4) is 11.1 Å². The molecule has 0 aliphatic rings. The topological polar surface area (TPSA) is 88.5 Å². The standard InChI is InChI=1S/C22H25ClFN3O4S2/c1-15-22(16-6-5-7-19(12-16)33(30,31)26(2)3)20-13-18(32(4,28)29)8-9-21(20)27(15)14-17(24)10-11-25-23/h5-10,12-13,25H,11,14H2,1-4H3/b17-10-. The minimum absolute atomic E-state index is 0.0885. The van der Waals surface area contributed by atoms with E-state index in [9.17, 15) is 21.2 Å². The minimum atomic E-state index is -3.69. The Labute approximate surface area is 198 Å². The summed E-state index contributed by atoms with van der Waals surface area (Å²) in [6.07, 6.45) is 2.43. The Morgan fingerprint density at radius 1 is 1.12 bits per heavy atom. The van der Waals surface area contributed by atoms with Crippen molar-refractivity contribution in [2.24, 2.45) is 0 Å². The molecule has 2 aromatic carbocycles. The minimum Gasteiger partial charge on any atom is -0.337 e. The zero-order valence-electron chi connectivity index (χ0n) is 18.6. The van der Waals surface area contributed by atoms with Crippen LogP contribution in [0.2, 0.25) is 0 Å². The highest BCUT2D eigenvalue weighted by Crippen LogP contribution is 2.37. The summed E-state index contributed by atoms with van der Waals surface area (Å²) in [5, 5.41) is 0.582. The summed E-state index contributed by atoms with van der Waals surface area (Å²) in [7, 11) is -4.29. The molecule has 0 radical (unpaired) electrons. The number of aromatic nitrogens is 1. The molecule has 1 heterocycles. The van der Waals surface area contributed by atoms with Crippen molar-refractivity contribution in [3.05, 3.63) is 60.1 Å². The van der Waals surface area contributed by atoms with E-state index >= 15 is 0 Å². The highest BCUT2D eigenvalue weighted by Gasteiger charge is 2.22. The van der Waals surface area contributed by atoms with Crippen LogP contribution in [0.3, 0.4) is 0 Å². The van der Waals surface area contributed by atoms with Crippen molar-refractivity contribution in [3.63, 3.8) is 0 Å². The third-order valence-corrected chi connectivity index (χ3v) is 8.41. The summed E-state index contributed by atoms with van der Waals surface area (Å²) in [5.41, 5.74) is 2.50. The summed E-state index contributed by atoms with van der Waals surface area (Å²) in [6, 6.07) is 11.1. The lowest BCUT2D eigenvalue weighted by Gasteiger charge is -2.13. The van der Waals surface area contributed by atoms with Gasteiger partial charge >= 0.3 is 0 Å². The van der Waals surface area contributed by atoms with Crippen LogP contribution in [0.4, 0.5) is 4.39 Å². The van der Waals surface area contributed by atoms with Gasteiger partial charge in [-0.15, -0.1) is 0 Å². The predicted molar refractivity (Wildman–Crippen MR) is 129 cm³/mol. The molecule has 0 aliphatic heterocycles. The van der Waals surface area contributed by atoms with Gasteiger partial charge in [0.05, 0.1) is 16.3 Å². The maximum atomic E-state index is 14.5. The molecule has 0 atom stereocenters. The van der Waals surface area contributed by atoms with E-state index in [1.54, 1.807) is 35.8 Å². The molecule has 1 N–H and O–H groups in total. The Kier molecular flexibility index (Phi) is 7.35. The second-order valence-corrected chi connectivity index (χ2v) is 12.2. The number of nitrogens with zero attached hydrogens (tertiary/aromatic N) is 2. The van der Waals surface area contributed by atoms with Gasteiger partial charge in [0.1, 0.15) is 5.83 Å². The molecular weight excluding hydrogens is 489 g/mol. The first-order chi connectivity index (χ1) is 15.4. The van der Waals surface area contributed by atoms with E-state index in [2.05, 4.69) is 4.84 Å². The maximum Gasteiger partial charge on any atom is 0.242 e. The van der Waals surface area contributed by atoms with Crippen LogP contribution in [0.15, 0.2) is 64.2 Å². The Morgan fingerprint density at radius 2 is 1.82 bits per heavy atom. The van der Waals surface area contributed by atoms with E-state index < -0.39 is 25.7 Å². The average molecular weight is 514 g/mol. The quantitative estimate of drug-likeness (QED) is 0.462. The third kappa shape index (κ3) is 5.15. The van der Waals surface area contributed by atoms with Crippen LogP contribution in [0, 0.1) is 6.92 Å². The third-order valence-electron chi connectivity index (χ3n) is 5.33. The molecule has 0 aliphatic carbocycles. The van der Waals surface area contributed by atoms with Crippen LogP contribution in [-0.4, -0.2) is 52.6 Å². The molecule has 0 spiro atoms. The number of benzene rings is 2. The van der Waals surface area contributed by atoms with Crippen molar-refractivity contribution in [1.29, 1.82) is 0 Å². The van der Waals surface area contributed by atoms with E-state index in [-0.39, 0.29) is 22.9 Å². The monoisotopic (exact) mass is 513 g/mol. The average Bonchev–Trinajstić information content (AvgIpc) is 3.02. The molecule has 11 heteroatoms. The molecule has 7 nitrogen and oxygen atoms in total. The van der Waals surface area contributed by atoms with E-state index in [0.29, 0.717) is 27.7 Å². The van der Waals surface area contributed by atoms with Gasteiger partial charge < -0.3 is 4.57 Å². The van der Waals surface area contributed by atoms with Gasteiger partial charge in [0, 0.05) is 49.1 Å². The second-order valence-electron chi connectivity index (χ2n) is 7.80. The fraction of sp³-hybridized carbons (Fsp3) is 0.273. The Hall–Kier alpha value is -2.24. The number of hydrogen-bond acceptors (Lipinski definition) is 5. The Morgan fingerprint density at radius 3 is 2.42 bits per heavy atom. The first-order valence-electron chi connectivity index (χ1n) is 9.92. The van der Waals surface area contributed by atoms with Gasteiger partial charge in [-0.25, -0.2) is 30.4 Å². The molecule has 178 valence electrons. The van der Waals surface area contributed by atoms with E-state index in [1.807, 2.05) is 0 Å². The highest BCUT2D eigenvalue weighted by molar-refractivity contribution is 7.90. The summed E-state index contributed by atoms with van der Waals surface area (Å²) in [5.74, 6) is -0.425. The molecule has 0 amide bonds. The number of hydrogen-bond donors (Lipinski definition) is 1. The van der Waals surface area contributed by atoms with Gasteiger partial charge in [0.2, 0.25) is 10.0 Å². The number of allylic oxidation sites excluding steroid dienone is 1. The zero-order valence-corrected chi connectivity index (χ0v) is 21.0. The maximum absolute atomic E-state index is 14.5. The highest BCUT2D eigenvalue weighted by atomic mass is 35.5. The molecule has 0 fully saturated rings. The zero-order chi connectivity index (χ0) is 24.6. The fourth-order valence-electron chi connectivity index (χ4n) is 3.65. The van der Waals surface area contributed by atoms with Crippen LogP contribution in [0.25, 0.3) is 22.0 Å². The molecule has 0 saturated heterocycles. The molecule has 33 heavy (non-hydrogen) atoms. The number of sulfonamides is 1. The van der Waals surface area contributed by atoms with Gasteiger partial charge in [-0.05, 0) is 60.7 Å². The van der Waals surface area contributed by atoms with E-state index in [4.69, 9.17) is 11.8 Å². The van der Waals surface area contributed by atoms with Crippen molar-refractivity contribution < 1.29 is 21.2 Å². The Balaban J connectivity index is 2.32. The smallest absolute Gasteiger partial charge is 0.242 e. The first-order valence-corrected chi connectivity index (χ1v) is 13.6. The van der Waals surface area contributed by atoms with Crippen LogP contribution in [0.5, 0.6) is 0 Å². The lowest BCUT2D eigenvalue weighted by molar-refractivity contribution is 0.521. The molecule has 3 aromatic rings. The number of halogens is 2. The lowest BCUT2D eigenvalue weighted by Crippen LogP contribution is -2.22. The van der Waals surface area contributed by atoms with E-state index in [1.165, 1.54) is 38.4 Å². The number of nitrogens with one attached hydrogen (secondary N) is 1. The van der Waals surface area contributed by atoms with Gasteiger partial charge in [-0.3, -0.25) is 0 Å². The summed E-state index contributed by atoms with van der Waals surface area (Å²) < 4.78 is 67.1. The van der Waals surface area contributed by atoms with Crippen LogP contribution < -0.4 is 4.84 Å². The van der Waals surface area contributed by atoms with Crippen molar-refractivity contribution >= 4 is 42.5 Å². The normalized spacial score (nSPS) is 13.2. The molecule has 1 aromatic heterocycles. The van der Waals surface area contributed by atoms with Gasteiger partial charge in [-0.1, -0.05) is 12.1 Å². The fourth-order valence-corrected chi connectivity index (χ4v) is 5.32. The number of sulfone groups is 1.